The van der Waals surface area contributed by atoms with Crippen molar-refractivity contribution >= 4 is 17.0 Å². The van der Waals surface area contributed by atoms with Crippen molar-refractivity contribution in [3.63, 3.8) is 0 Å². The average molecular weight is 269 g/mol. The second-order valence-electron chi connectivity index (χ2n) is 4.35. The van der Waals surface area contributed by atoms with E-state index in [0.717, 1.165) is 12.1 Å². The lowest BCUT2D eigenvalue weighted by Gasteiger charge is -2.12. The highest BCUT2D eigenvalue weighted by Gasteiger charge is 2.10. The first-order valence-corrected chi connectivity index (χ1v) is 5.69. The second kappa shape index (κ2) is 5.31. The molecule has 5 nitrogen and oxygen atoms in total. The maximum atomic E-state index is 13.0. The summed E-state index contributed by atoms with van der Waals surface area (Å²) in [6, 6.07) is 2.08. The smallest absolute Gasteiger partial charge is 0.304 e. The molecule has 0 amide bonds. The molecular formula is C12H13F2N3O2. The van der Waals surface area contributed by atoms with Gasteiger partial charge in [0.1, 0.15) is 5.82 Å². The van der Waals surface area contributed by atoms with E-state index in [1.165, 1.54) is 0 Å². The van der Waals surface area contributed by atoms with Crippen LogP contribution in [0.4, 0.5) is 8.78 Å². The Bertz CT molecular complexity index is 573. The highest BCUT2D eigenvalue weighted by atomic mass is 19.2. The Hall–Kier alpha value is -2.02. The molecule has 2 rings (SSSR count). The molecule has 0 aliphatic rings. The molecule has 1 aromatic heterocycles. The van der Waals surface area contributed by atoms with Crippen LogP contribution in [0.15, 0.2) is 12.1 Å². The zero-order chi connectivity index (χ0) is 14.0. The molecule has 0 radical (unpaired) electrons. The van der Waals surface area contributed by atoms with Crippen LogP contribution >= 0.6 is 0 Å². The van der Waals surface area contributed by atoms with E-state index >= 15 is 0 Å². The third kappa shape index (κ3) is 3.25. The van der Waals surface area contributed by atoms with E-state index < -0.39 is 17.6 Å². The van der Waals surface area contributed by atoms with Gasteiger partial charge in [-0.1, -0.05) is 0 Å². The fourth-order valence-corrected chi connectivity index (χ4v) is 1.75. The monoisotopic (exact) mass is 269 g/mol. The molecule has 0 atom stereocenters. The Morgan fingerprint density at radius 2 is 2.11 bits per heavy atom. The number of aromatic nitrogens is 2. The number of H-pyrrole nitrogens is 1. The normalized spacial score (nSPS) is 11.4. The third-order valence-electron chi connectivity index (χ3n) is 2.70. The fraction of sp³-hybridized carbons (Fsp3) is 0.333. The van der Waals surface area contributed by atoms with Crippen LogP contribution in [-0.2, 0) is 11.3 Å². The molecule has 0 aliphatic heterocycles. The summed E-state index contributed by atoms with van der Waals surface area (Å²) in [6.45, 7) is 0.750. The van der Waals surface area contributed by atoms with Gasteiger partial charge in [-0.3, -0.25) is 9.69 Å². The molecule has 0 spiro atoms. The molecular weight excluding hydrogens is 256 g/mol. The van der Waals surface area contributed by atoms with Gasteiger partial charge in [-0.2, -0.15) is 0 Å². The van der Waals surface area contributed by atoms with E-state index in [4.69, 9.17) is 5.11 Å². The van der Waals surface area contributed by atoms with Crippen molar-refractivity contribution in [1.82, 2.24) is 14.9 Å². The van der Waals surface area contributed by atoms with Crippen LogP contribution in [-0.4, -0.2) is 39.5 Å². The van der Waals surface area contributed by atoms with Crippen LogP contribution in [0.2, 0.25) is 0 Å². The number of carboxylic acid groups (broad SMARTS) is 1. The number of rotatable bonds is 5. The minimum Gasteiger partial charge on any atom is -0.481 e. The summed E-state index contributed by atoms with van der Waals surface area (Å²) in [5.74, 6) is -2.21. The van der Waals surface area contributed by atoms with Crippen molar-refractivity contribution in [3.05, 3.63) is 29.6 Å². The van der Waals surface area contributed by atoms with Crippen LogP contribution in [0.1, 0.15) is 12.2 Å². The molecule has 0 saturated heterocycles. The topological polar surface area (TPSA) is 69.2 Å². The van der Waals surface area contributed by atoms with E-state index in [-0.39, 0.29) is 6.42 Å². The number of aromatic amines is 1. The lowest BCUT2D eigenvalue weighted by Crippen LogP contribution is -2.21. The number of carboxylic acids is 1. The summed E-state index contributed by atoms with van der Waals surface area (Å²) in [5, 5.41) is 8.57. The first-order chi connectivity index (χ1) is 8.95. The Morgan fingerprint density at radius 1 is 1.42 bits per heavy atom. The summed E-state index contributed by atoms with van der Waals surface area (Å²) in [5.41, 5.74) is 0.765. The number of hydrogen-bond donors (Lipinski definition) is 2. The number of fused-ring (bicyclic) bond motifs is 1. The van der Waals surface area contributed by atoms with Crippen molar-refractivity contribution in [2.75, 3.05) is 13.6 Å². The molecule has 0 aliphatic carbocycles. The number of hydrogen-bond acceptors (Lipinski definition) is 3. The second-order valence-corrected chi connectivity index (χ2v) is 4.35. The van der Waals surface area contributed by atoms with Gasteiger partial charge in [0, 0.05) is 18.7 Å². The van der Waals surface area contributed by atoms with E-state index in [1.807, 2.05) is 0 Å². The zero-order valence-corrected chi connectivity index (χ0v) is 10.3. The number of imidazole rings is 1. The number of aliphatic carboxylic acids is 1. The van der Waals surface area contributed by atoms with Crippen molar-refractivity contribution in [2.45, 2.75) is 13.0 Å². The number of carbonyl (C=O) groups is 1. The lowest BCUT2D eigenvalue weighted by atomic mass is 10.3. The highest BCUT2D eigenvalue weighted by Crippen LogP contribution is 2.16. The van der Waals surface area contributed by atoms with Gasteiger partial charge < -0.3 is 10.1 Å². The fourth-order valence-electron chi connectivity index (χ4n) is 1.75. The molecule has 19 heavy (non-hydrogen) atoms. The van der Waals surface area contributed by atoms with Crippen molar-refractivity contribution in [2.24, 2.45) is 0 Å². The van der Waals surface area contributed by atoms with Crippen molar-refractivity contribution in [3.8, 4) is 0 Å². The standard InChI is InChI=1S/C12H13F2N3O2/c1-17(3-2-12(18)19)6-11-15-9-4-7(13)8(14)5-10(9)16-11/h4-5H,2-3,6H2,1H3,(H,15,16)(H,18,19). The highest BCUT2D eigenvalue weighted by molar-refractivity contribution is 5.75. The number of nitrogens with one attached hydrogen (secondary N) is 1. The summed E-state index contributed by atoms with van der Waals surface area (Å²) >= 11 is 0. The predicted molar refractivity (Wildman–Crippen MR) is 64.6 cm³/mol. The maximum Gasteiger partial charge on any atom is 0.304 e. The average Bonchev–Trinajstić information content (AvgIpc) is 2.68. The Balaban J connectivity index is 2.11. The molecule has 2 aromatic rings. The molecule has 102 valence electrons. The van der Waals surface area contributed by atoms with Gasteiger partial charge in [-0.25, -0.2) is 13.8 Å². The lowest BCUT2D eigenvalue weighted by molar-refractivity contribution is -0.137. The van der Waals surface area contributed by atoms with Crippen molar-refractivity contribution in [1.29, 1.82) is 0 Å². The number of halogens is 2. The van der Waals surface area contributed by atoms with Crippen LogP contribution in [0.5, 0.6) is 0 Å². The summed E-state index contributed by atoms with van der Waals surface area (Å²) in [7, 11) is 1.75. The van der Waals surface area contributed by atoms with Gasteiger partial charge in [0.2, 0.25) is 0 Å². The SMILES string of the molecule is CN(CCC(=O)O)Cc1nc2cc(F)c(F)cc2[nH]1. The minimum atomic E-state index is -0.940. The van der Waals surface area contributed by atoms with E-state index in [9.17, 15) is 13.6 Å². The Morgan fingerprint density at radius 3 is 2.79 bits per heavy atom. The molecule has 0 saturated carbocycles. The van der Waals surface area contributed by atoms with Gasteiger partial charge in [0.05, 0.1) is 24.0 Å². The van der Waals surface area contributed by atoms with Crippen LogP contribution in [0.3, 0.4) is 0 Å². The van der Waals surface area contributed by atoms with E-state index in [0.29, 0.717) is 29.9 Å². The van der Waals surface area contributed by atoms with Gasteiger partial charge in [-0.15, -0.1) is 0 Å². The van der Waals surface area contributed by atoms with E-state index in [1.54, 1.807) is 11.9 Å². The quantitative estimate of drug-likeness (QED) is 0.867. The largest absolute Gasteiger partial charge is 0.481 e. The third-order valence-corrected chi connectivity index (χ3v) is 2.70. The zero-order valence-electron chi connectivity index (χ0n) is 10.3. The van der Waals surface area contributed by atoms with Crippen LogP contribution in [0.25, 0.3) is 11.0 Å². The molecule has 0 unspecified atom stereocenters. The Labute approximate surface area is 107 Å². The molecule has 2 N–H and O–H groups in total. The van der Waals surface area contributed by atoms with Gasteiger partial charge in [0.25, 0.3) is 0 Å². The summed E-state index contributed by atoms with van der Waals surface area (Å²) in [6.07, 6.45) is 0.0278. The Kier molecular flexibility index (Phi) is 3.75. The molecule has 0 bridgehead atoms. The van der Waals surface area contributed by atoms with Gasteiger partial charge >= 0.3 is 5.97 Å². The van der Waals surface area contributed by atoms with E-state index in [2.05, 4.69) is 9.97 Å². The molecule has 1 aromatic carbocycles. The minimum absolute atomic E-state index is 0.0278. The number of nitrogens with zero attached hydrogens (tertiary/aromatic N) is 2. The van der Waals surface area contributed by atoms with Crippen LogP contribution < -0.4 is 0 Å². The molecule has 1 heterocycles. The summed E-state index contributed by atoms with van der Waals surface area (Å²) < 4.78 is 26.1. The number of benzene rings is 1. The molecule has 7 heteroatoms. The maximum absolute atomic E-state index is 13.0. The van der Waals surface area contributed by atoms with Gasteiger partial charge in [-0.05, 0) is 7.05 Å². The summed E-state index contributed by atoms with van der Waals surface area (Å²) in [4.78, 5) is 19.2. The molecule has 0 fully saturated rings. The van der Waals surface area contributed by atoms with Crippen molar-refractivity contribution < 1.29 is 18.7 Å². The predicted octanol–water partition coefficient (Wildman–Crippen LogP) is 1.75. The first kappa shape index (κ1) is 13.4. The first-order valence-electron chi connectivity index (χ1n) is 5.69. The van der Waals surface area contributed by atoms with Crippen LogP contribution in [0, 0.1) is 11.6 Å². The van der Waals surface area contributed by atoms with Gasteiger partial charge in [0.15, 0.2) is 11.6 Å².